The van der Waals surface area contributed by atoms with E-state index in [1.165, 1.54) is 24.2 Å². The summed E-state index contributed by atoms with van der Waals surface area (Å²) in [5.74, 6) is 2.06. The first-order valence-corrected chi connectivity index (χ1v) is 7.24. The van der Waals surface area contributed by atoms with Gasteiger partial charge >= 0.3 is 0 Å². The van der Waals surface area contributed by atoms with Gasteiger partial charge in [-0.25, -0.2) is 0 Å². The van der Waals surface area contributed by atoms with Crippen LogP contribution in [0.15, 0.2) is 23.1 Å². The van der Waals surface area contributed by atoms with Crippen LogP contribution in [-0.4, -0.2) is 12.9 Å². The summed E-state index contributed by atoms with van der Waals surface area (Å²) in [5, 5.41) is 0. The molecule has 0 aromatic heterocycles. The van der Waals surface area contributed by atoms with Gasteiger partial charge in [-0.3, -0.25) is 0 Å². The number of benzene rings is 1. The summed E-state index contributed by atoms with van der Waals surface area (Å²) in [4.78, 5) is 1.26. The molecule has 2 nitrogen and oxygen atoms in total. The van der Waals surface area contributed by atoms with Crippen LogP contribution in [0.4, 0.5) is 0 Å². The number of nitrogens with two attached hydrogens (primary N) is 1. The van der Waals surface area contributed by atoms with Gasteiger partial charge in [0.15, 0.2) is 0 Å². The first-order valence-electron chi connectivity index (χ1n) is 6.26. The maximum atomic E-state index is 6.03. The van der Waals surface area contributed by atoms with Gasteiger partial charge < -0.3 is 10.5 Å². The summed E-state index contributed by atoms with van der Waals surface area (Å²) < 4.78 is 5.38. The molecule has 96 valence electrons. The minimum atomic E-state index is 0.0137. The second-order valence-electron chi connectivity index (χ2n) is 4.22. The zero-order valence-electron chi connectivity index (χ0n) is 11.0. The number of hydrogen-bond acceptors (Lipinski definition) is 3. The SMILES string of the molecule is CCCCCSc1cccc(OC)c1[C@@H](C)N. The third kappa shape index (κ3) is 4.25. The van der Waals surface area contributed by atoms with Crippen LogP contribution >= 0.6 is 11.8 Å². The van der Waals surface area contributed by atoms with E-state index in [0.29, 0.717) is 0 Å². The number of hydrogen-bond donors (Lipinski definition) is 1. The Morgan fingerprint density at radius 3 is 2.71 bits per heavy atom. The van der Waals surface area contributed by atoms with Crippen molar-refractivity contribution in [1.29, 1.82) is 0 Å². The van der Waals surface area contributed by atoms with Crippen molar-refractivity contribution in [2.24, 2.45) is 5.73 Å². The van der Waals surface area contributed by atoms with Crippen LogP contribution in [-0.2, 0) is 0 Å². The van der Waals surface area contributed by atoms with Crippen LogP contribution in [0.1, 0.15) is 44.7 Å². The number of ether oxygens (including phenoxy) is 1. The van der Waals surface area contributed by atoms with Crippen molar-refractivity contribution in [2.45, 2.75) is 44.0 Å². The summed E-state index contributed by atoms with van der Waals surface area (Å²) in [5.41, 5.74) is 7.16. The first-order chi connectivity index (χ1) is 8.20. The van der Waals surface area contributed by atoms with E-state index in [2.05, 4.69) is 13.0 Å². The van der Waals surface area contributed by atoms with Gasteiger partial charge in [0.25, 0.3) is 0 Å². The standard InChI is InChI=1S/C14H23NOS/c1-4-5-6-10-17-13-9-7-8-12(16-3)14(13)11(2)15/h7-9,11H,4-6,10,15H2,1-3H3/t11-/m1/s1. The molecular formula is C14H23NOS. The number of methoxy groups -OCH3 is 1. The van der Waals surface area contributed by atoms with Gasteiger partial charge in [0.2, 0.25) is 0 Å². The largest absolute Gasteiger partial charge is 0.496 e. The Kier molecular flexibility index (Phi) is 6.45. The third-order valence-corrected chi connectivity index (χ3v) is 3.87. The van der Waals surface area contributed by atoms with E-state index in [-0.39, 0.29) is 6.04 Å². The monoisotopic (exact) mass is 253 g/mol. The molecule has 1 atom stereocenters. The predicted octanol–water partition coefficient (Wildman–Crippen LogP) is 4.00. The van der Waals surface area contributed by atoms with E-state index in [9.17, 15) is 0 Å². The van der Waals surface area contributed by atoms with Gasteiger partial charge in [-0.05, 0) is 31.2 Å². The third-order valence-electron chi connectivity index (χ3n) is 2.71. The van der Waals surface area contributed by atoms with Crippen LogP contribution in [0.5, 0.6) is 5.75 Å². The van der Waals surface area contributed by atoms with Gasteiger partial charge in [-0.15, -0.1) is 11.8 Å². The van der Waals surface area contributed by atoms with Gasteiger partial charge in [-0.1, -0.05) is 25.8 Å². The number of unbranched alkanes of at least 4 members (excludes halogenated alkanes) is 2. The van der Waals surface area contributed by atoms with Crippen molar-refractivity contribution in [3.8, 4) is 5.75 Å². The zero-order valence-corrected chi connectivity index (χ0v) is 11.8. The van der Waals surface area contributed by atoms with Crippen molar-refractivity contribution in [1.82, 2.24) is 0 Å². The van der Waals surface area contributed by atoms with Crippen LogP contribution in [0.3, 0.4) is 0 Å². The molecule has 0 unspecified atom stereocenters. The summed E-state index contributed by atoms with van der Waals surface area (Å²) in [7, 11) is 1.70. The summed E-state index contributed by atoms with van der Waals surface area (Å²) in [6, 6.07) is 6.17. The normalized spacial score (nSPS) is 12.5. The molecule has 1 aromatic rings. The highest BCUT2D eigenvalue weighted by Gasteiger charge is 2.12. The number of rotatable bonds is 7. The highest BCUT2D eigenvalue weighted by atomic mass is 32.2. The molecule has 0 saturated heterocycles. The molecule has 1 rings (SSSR count). The van der Waals surface area contributed by atoms with Gasteiger partial charge in [-0.2, -0.15) is 0 Å². The van der Waals surface area contributed by atoms with Crippen LogP contribution in [0, 0.1) is 0 Å². The predicted molar refractivity (Wildman–Crippen MR) is 75.8 cm³/mol. The average molecular weight is 253 g/mol. The lowest BCUT2D eigenvalue weighted by atomic mass is 10.1. The van der Waals surface area contributed by atoms with E-state index in [1.54, 1.807) is 7.11 Å². The molecule has 0 heterocycles. The fourth-order valence-corrected chi connectivity index (χ4v) is 3.00. The molecule has 0 aliphatic heterocycles. The molecule has 0 spiro atoms. The van der Waals surface area contributed by atoms with Crippen LogP contribution < -0.4 is 10.5 Å². The highest BCUT2D eigenvalue weighted by molar-refractivity contribution is 7.99. The van der Waals surface area contributed by atoms with Crippen molar-refractivity contribution < 1.29 is 4.74 Å². The lowest BCUT2D eigenvalue weighted by Crippen LogP contribution is -2.08. The van der Waals surface area contributed by atoms with E-state index in [0.717, 1.165) is 17.1 Å². The molecule has 0 aliphatic carbocycles. The second-order valence-corrected chi connectivity index (χ2v) is 5.35. The van der Waals surface area contributed by atoms with Gasteiger partial charge in [0.05, 0.1) is 7.11 Å². The Hall–Kier alpha value is -0.670. The summed E-state index contributed by atoms with van der Waals surface area (Å²) >= 11 is 1.88. The molecular weight excluding hydrogens is 230 g/mol. The summed E-state index contributed by atoms with van der Waals surface area (Å²) in [6.07, 6.45) is 3.82. The van der Waals surface area contributed by atoms with E-state index in [4.69, 9.17) is 10.5 Å². The molecule has 0 aliphatic rings. The van der Waals surface area contributed by atoms with Crippen LogP contribution in [0.2, 0.25) is 0 Å². The van der Waals surface area contributed by atoms with Crippen LogP contribution in [0.25, 0.3) is 0 Å². The Morgan fingerprint density at radius 2 is 2.12 bits per heavy atom. The Labute approximate surface area is 109 Å². The maximum Gasteiger partial charge on any atom is 0.124 e. The van der Waals surface area contributed by atoms with E-state index in [1.807, 2.05) is 30.8 Å². The number of thioether (sulfide) groups is 1. The van der Waals surface area contributed by atoms with Gasteiger partial charge in [0, 0.05) is 16.5 Å². The van der Waals surface area contributed by atoms with E-state index >= 15 is 0 Å². The molecule has 2 N–H and O–H groups in total. The molecule has 3 heteroatoms. The molecule has 0 radical (unpaired) electrons. The smallest absolute Gasteiger partial charge is 0.124 e. The maximum absolute atomic E-state index is 6.03. The minimum Gasteiger partial charge on any atom is -0.496 e. The first kappa shape index (κ1) is 14.4. The molecule has 0 amide bonds. The quantitative estimate of drug-likeness (QED) is 0.589. The van der Waals surface area contributed by atoms with E-state index < -0.39 is 0 Å². The second kappa shape index (κ2) is 7.62. The van der Waals surface area contributed by atoms with Crippen molar-refractivity contribution in [2.75, 3.05) is 12.9 Å². The Morgan fingerprint density at radius 1 is 1.35 bits per heavy atom. The zero-order chi connectivity index (χ0) is 12.7. The Bertz CT molecular complexity index is 339. The fourth-order valence-electron chi connectivity index (χ4n) is 1.81. The lowest BCUT2D eigenvalue weighted by molar-refractivity contribution is 0.405. The summed E-state index contributed by atoms with van der Waals surface area (Å²) in [6.45, 7) is 4.23. The fraction of sp³-hybridized carbons (Fsp3) is 0.571. The molecule has 0 fully saturated rings. The Balaban J connectivity index is 2.76. The highest BCUT2D eigenvalue weighted by Crippen LogP contribution is 2.34. The molecule has 1 aromatic carbocycles. The topological polar surface area (TPSA) is 35.2 Å². The van der Waals surface area contributed by atoms with Crippen molar-refractivity contribution in [3.63, 3.8) is 0 Å². The molecule has 0 saturated carbocycles. The average Bonchev–Trinajstić information content (AvgIpc) is 2.33. The minimum absolute atomic E-state index is 0.0137. The molecule has 17 heavy (non-hydrogen) atoms. The molecule has 0 bridgehead atoms. The van der Waals surface area contributed by atoms with Crippen molar-refractivity contribution >= 4 is 11.8 Å². The van der Waals surface area contributed by atoms with Gasteiger partial charge in [0.1, 0.15) is 5.75 Å². The lowest BCUT2D eigenvalue weighted by Gasteiger charge is -2.16. The van der Waals surface area contributed by atoms with Crippen molar-refractivity contribution in [3.05, 3.63) is 23.8 Å².